The fourth-order valence-electron chi connectivity index (χ4n) is 2.17. The van der Waals surface area contributed by atoms with E-state index in [9.17, 15) is 5.11 Å². The van der Waals surface area contributed by atoms with Gasteiger partial charge in [-0.1, -0.05) is 17.3 Å². The van der Waals surface area contributed by atoms with E-state index in [0.717, 1.165) is 24.9 Å². The lowest BCUT2D eigenvalue weighted by Crippen LogP contribution is -2.13. The van der Waals surface area contributed by atoms with Crippen LogP contribution in [0, 0.1) is 0 Å². The van der Waals surface area contributed by atoms with E-state index in [0.29, 0.717) is 18.1 Å². The highest BCUT2D eigenvalue weighted by atomic mass is 16.5. The van der Waals surface area contributed by atoms with Gasteiger partial charge in [-0.05, 0) is 37.1 Å². The Morgan fingerprint density at radius 3 is 2.89 bits per heavy atom. The molecule has 1 aliphatic rings. The molecule has 3 rings (SSSR count). The highest BCUT2D eigenvalue weighted by molar-refractivity contribution is 5.27. The van der Waals surface area contributed by atoms with Crippen molar-refractivity contribution in [3.8, 4) is 5.75 Å². The quantitative estimate of drug-likeness (QED) is 0.862. The number of nitrogens with one attached hydrogen (secondary N) is 1. The summed E-state index contributed by atoms with van der Waals surface area (Å²) in [4.78, 5) is 4.41. The van der Waals surface area contributed by atoms with Crippen LogP contribution < -0.4 is 5.32 Å². The van der Waals surface area contributed by atoms with Crippen LogP contribution in [-0.2, 0) is 6.42 Å². The van der Waals surface area contributed by atoms with Crippen molar-refractivity contribution < 1.29 is 9.63 Å². The third-order valence-corrected chi connectivity index (χ3v) is 3.14. The number of aromatic hydroxyl groups is 1. The highest BCUT2D eigenvalue weighted by Gasteiger charge is 2.22. The summed E-state index contributed by atoms with van der Waals surface area (Å²) in [6, 6.07) is 7.26. The summed E-state index contributed by atoms with van der Waals surface area (Å²) in [5.74, 6) is 1.63. The largest absolute Gasteiger partial charge is 0.508 e. The molecule has 0 spiro atoms. The van der Waals surface area contributed by atoms with Gasteiger partial charge in [0.05, 0.1) is 6.04 Å². The van der Waals surface area contributed by atoms with Crippen LogP contribution >= 0.6 is 0 Å². The van der Waals surface area contributed by atoms with E-state index in [2.05, 4.69) is 15.5 Å². The van der Waals surface area contributed by atoms with Gasteiger partial charge in [-0.2, -0.15) is 4.98 Å². The zero-order valence-corrected chi connectivity index (χ0v) is 9.97. The molecule has 0 aliphatic carbocycles. The summed E-state index contributed by atoms with van der Waals surface area (Å²) in [5, 5.41) is 16.5. The molecule has 1 fully saturated rings. The number of hydrogen-bond donors (Lipinski definition) is 2. The van der Waals surface area contributed by atoms with E-state index >= 15 is 0 Å². The molecule has 1 aromatic heterocycles. The van der Waals surface area contributed by atoms with Crippen molar-refractivity contribution >= 4 is 0 Å². The first-order valence-electron chi connectivity index (χ1n) is 6.15. The summed E-state index contributed by atoms with van der Waals surface area (Å²) >= 11 is 0. The van der Waals surface area contributed by atoms with E-state index in [1.54, 1.807) is 12.1 Å². The van der Waals surface area contributed by atoms with Crippen LogP contribution in [-0.4, -0.2) is 21.8 Å². The van der Waals surface area contributed by atoms with Gasteiger partial charge in [-0.25, -0.2) is 0 Å². The number of phenolic OH excluding ortho intramolecular Hbond substituents is 1. The molecule has 0 radical (unpaired) electrons. The smallest absolute Gasteiger partial charge is 0.243 e. The molecule has 1 atom stereocenters. The molecule has 0 bridgehead atoms. The Morgan fingerprint density at radius 2 is 2.17 bits per heavy atom. The van der Waals surface area contributed by atoms with Crippen LogP contribution in [0.25, 0.3) is 0 Å². The fourth-order valence-corrected chi connectivity index (χ4v) is 2.17. The Labute approximate surface area is 105 Å². The van der Waals surface area contributed by atoms with Gasteiger partial charge in [-0.15, -0.1) is 0 Å². The minimum absolute atomic E-state index is 0.214. The molecule has 2 heterocycles. The first-order chi connectivity index (χ1) is 8.81. The number of phenols is 1. The Kier molecular flexibility index (Phi) is 2.98. The maximum atomic E-state index is 9.21. The molecule has 5 heteroatoms. The van der Waals surface area contributed by atoms with Gasteiger partial charge in [0.2, 0.25) is 5.89 Å². The van der Waals surface area contributed by atoms with Crippen molar-refractivity contribution in [1.29, 1.82) is 0 Å². The van der Waals surface area contributed by atoms with Gasteiger partial charge >= 0.3 is 0 Å². The Hall–Kier alpha value is -1.88. The van der Waals surface area contributed by atoms with Gasteiger partial charge in [-0.3, -0.25) is 0 Å². The van der Waals surface area contributed by atoms with Crippen molar-refractivity contribution in [1.82, 2.24) is 15.5 Å². The van der Waals surface area contributed by atoms with Crippen LogP contribution in [0.15, 0.2) is 28.8 Å². The van der Waals surface area contributed by atoms with Crippen molar-refractivity contribution in [2.24, 2.45) is 0 Å². The lowest BCUT2D eigenvalue weighted by atomic mass is 10.1. The summed E-state index contributed by atoms with van der Waals surface area (Å²) in [7, 11) is 0. The van der Waals surface area contributed by atoms with Crippen LogP contribution in [0.5, 0.6) is 5.75 Å². The summed E-state index contributed by atoms with van der Waals surface area (Å²) in [5.41, 5.74) is 1.06. The predicted octanol–water partition coefficient (Wildman–Crippen LogP) is 1.79. The van der Waals surface area contributed by atoms with E-state index < -0.39 is 0 Å². The van der Waals surface area contributed by atoms with E-state index in [-0.39, 0.29) is 11.8 Å². The molecule has 0 amide bonds. The molecule has 2 N–H and O–H groups in total. The zero-order chi connectivity index (χ0) is 12.4. The monoisotopic (exact) mass is 245 g/mol. The van der Waals surface area contributed by atoms with Gasteiger partial charge in [0.25, 0.3) is 0 Å². The first-order valence-corrected chi connectivity index (χ1v) is 6.15. The number of rotatable bonds is 3. The van der Waals surface area contributed by atoms with Crippen molar-refractivity contribution in [3.05, 3.63) is 41.5 Å². The van der Waals surface area contributed by atoms with Crippen LogP contribution in [0.3, 0.4) is 0 Å². The molecule has 2 aromatic rings. The lowest BCUT2D eigenvalue weighted by Gasteiger charge is -2.01. The maximum absolute atomic E-state index is 9.21. The molecule has 1 saturated heterocycles. The van der Waals surface area contributed by atoms with Crippen molar-refractivity contribution in [2.45, 2.75) is 25.3 Å². The van der Waals surface area contributed by atoms with E-state index in [1.807, 2.05) is 12.1 Å². The second-order valence-corrected chi connectivity index (χ2v) is 4.54. The standard InChI is InChI=1S/C13H15N3O2/c17-10-5-3-9(4-6-10)8-12-15-13(18-16-12)11-2-1-7-14-11/h3-6,11,14,17H,1-2,7-8H2. The summed E-state index contributed by atoms with van der Waals surface area (Å²) in [6.07, 6.45) is 2.83. The second-order valence-electron chi connectivity index (χ2n) is 4.54. The highest BCUT2D eigenvalue weighted by Crippen LogP contribution is 2.21. The van der Waals surface area contributed by atoms with Crippen molar-refractivity contribution in [2.75, 3.05) is 6.54 Å². The minimum atomic E-state index is 0.214. The molecule has 0 saturated carbocycles. The van der Waals surface area contributed by atoms with Gasteiger partial charge in [0, 0.05) is 6.42 Å². The molecule has 1 aliphatic heterocycles. The normalized spacial score (nSPS) is 19.2. The zero-order valence-electron chi connectivity index (χ0n) is 9.97. The van der Waals surface area contributed by atoms with Gasteiger partial charge < -0.3 is 14.9 Å². The summed E-state index contributed by atoms with van der Waals surface area (Å²) < 4.78 is 5.27. The minimum Gasteiger partial charge on any atom is -0.508 e. The predicted molar refractivity (Wildman–Crippen MR) is 65.2 cm³/mol. The van der Waals surface area contributed by atoms with Crippen LogP contribution in [0.2, 0.25) is 0 Å². The molecule has 18 heavy (non-hydrogen) atoms. The lowest BCUT2D eigenvalue weighted by molar-refractivity contribution is 0.341. The molecule has 94 valence electrons. The van der Waals surface area contributed by atoms with Gasteiger partial charge in [0.15, 0.2) is 5.82 Å². The molecular formula is C13H15N3O2. The van der Waals surface area contributed by atoms with Crippen molar-refractivity contribution in [3.63, 3.8) is 0 Å². The molecule has 1 aromatic carbocycles. The third kappa shape index (κ3) is 2.36. The number of hydrogen-bond acceptors (Lipinski definition) is 5. The van der Waals surface area contributed by atoms with Gasteiger partial charge in [0.1, 0.15) is 5.75 Å². The molecule has 5 nitrogen and oxygen atoms in total. The first kappa shape index (κ1) is 11.2. The number of aromatic nitrogens is 2. The third-order valence-electron chi connectivity index (χ3n) is 3.14. The van der Waals surface area contributed by atoms with Crippen LogP contribution in [0.4, 0.5) is 0 Å². The summed E-state index contributed by atoms with van der Waals surface area (Å²) in [6.45, 7) is 1.01. The van der Waals surface area contributed by atoms with E-state index in [4.69, 9.17) is 4.52 Å². The Balaban J connectivity index is 1.71. The number of benzene rings is 1. The second kappa shape index (κ2) is 4.78. The van der Waals surface area contributed by atoms with Crippen LogP contribution in [0.1, 0.15) is 36.2 Å². The molecule has 1 unspecified atom stereocenters. The maximum Gasteiger partial charge on any atom is 0.243 e. The van der Waals surface area contributed by atoms with E-state index in [1.165, 1.54) is 0 Å². The Bertz CT molecular complexity index is 515. The number of nitrogens with zero attached hydrogens (tertiary/aromatic N) is 2. The topological polar surface area (TPSA) is 71.2 Å². The fraction of sp³-hybridized carbons (Fsp3) is 0.385. The average Bonchev–Trinajstić information content (AvgIpc) is 3.02. The Morgan fingerprint density at radius 1 is 1.33 bits per heavy atom. The SMILES string of the molecule is Oc1ccc(Cc2noc(C3CCCN3)n2)cc1. The average molecular weight is 245 g/mol. The molecular weight excluding hydrogens is 230 g/mol.